The van der Waals surface area contributed by atoms with Gasteiger partial charge in [0.15, 0.2) is 0 Å². The highest BCUT2D eigenvalue weighted by atomic mass is 14.4. The van der Waals surface area contributed by atoms with Crippen LogP contribution in [0.1, 0.15) is 57.1 Å². The number of fused-ring (bicyclic) bond motifs is 2. The van der Waals surface area contributed by atoms with Crippen LogP contribution in [-0.4, -0.2) is 0 Å². The Balaban J connectivity index is 2.06. The van der Waals surface area contributed by atoms with E-state index in [9.17, 15) is 0 Å². The Hall–Kier alpha value is -2.60. The number of benzene rings is 4. The molecule has 0 heteroatoms. The molecule has 0 nitrogen and oxygen atoms in total. The van der Waals surface area contributed by atoms with Crippen molar-refractivity contribution >= 4 is 21.5 Å². The minimum absolute atomic E-state index is 0.0481. The Morgan fingerprint density at radius 1 is 0.536 bits per heavy atom. The second kappa shape index (κ2) is 8.19. The molecule has 0 aromatic heterocycles. The molecule has 0 bridgehead atoms. The smallest absolute Gasteiger partial charge is 0.0215 e. The number of rotatable bonds is 7. The summed E-state index contributed by atoms with van der Waals surface area (Å²) in [5.74, 6) is 0. The van der Waals surface area contributed by atoms with Crippen LogP contribution in [0.25, 0.3) is 21.5 Å². The molecule has 0 aliphatic rings. The van der Waals surface area contributed by atoms with Gasteiger partial charge in [0, 0.05) is 5.41 Å². The van der Waals surface area contributed by atoms with Crippen molar-refractivity contribution in [2.45, 2.75) is 51.4 Å². The summed E-state index contributed by atoms with van der Waals surface area (Å²) in [5, 5.41) is 5.50. The molecular weight excluding hydrogens is 336 g/mol. The Morgan fingerprint density at radius 2 is 1.04 bits per heavy atom. The van der Waals surface area contributed by atoms with Gasteiger partial charge >= 0.3 is 0 Å². The van der Waals surface area contributed by atoms with E-state index in [1.807, 2.05) is 0 Å². The fraction of sp³-hybridized carbons (Fsp3) is 0.286. The molecule has 0 spiro atoms. The van der Waals surface area contributed by atoms with Crippen LogP contribution in [0.5, 0.6) is 0 Å². The second-order valence-electron chi connectivity index (χ2n) is 7.99. The van der Waals surface area contributed by atoms with Gasteiger partial charge in [0.2, 0.25) is 0 Å². The van der Waals surface area contributed by atoms with Crippen LogP contribution in [0, 0.1) is 0 Å². The molecule has 0 heterocycles. The topological polar surface area (TPSA) is 0 Å². The standard InChI is InChI=1S/C28H30/c1-3-5-21-28(20-4-2,26-18-10-14-22-12-6-8-16-24(22)26)27-19-11-15-23-13-7-9-17-25(23)27/h6-19H,3-5,20-21H2,1-2H3. The van der Waals surface area contributed by atoms with E-state index in [1.165, 1.54) is 64.8 Å². The zero-order chi connectivity index (χ0) is 19.4. The lowest BCUT2D eigenvalue weighted by molar-refractivity contribution is 0.421. The molecule has 4 aromatic rings. The van der Waals surface area contributed by atoms with E-state index in [-0.39, 0.29) is 5.41 Å². The molecule has 0 radical (unpaired) electrons. The molecule has 0 amide bonds. The highest BCUT2D eigenvalue weighted by molar-refractivity contribution is 5.91. The molecule has 0 aliphatic carbocycles. The number of hydrogen-bond acceptors (Lipinski definition) is 0. The van der Waals surface area contributed by atoms with Crippen LogP contribution < -0.4 is 0 Å². The third kappa shape index (κ3) is 3.22. The minimum Gasteiger partial charge on any atom is -0.0654 e. The van der Waals surface area contributed by atoms with Gasteiger partial charge in [-0.05, 0) is 45.5 Å². The first-order chi connectivity index (χ1) is 13.8. The first kappa shape index (κ1) is 18.7. The molecule has 0 saturated carbocycles. The molecule has 142 valence electrons. The van der Waals surface area contributed by atoms with Crippen molar-refractivity contribution in [3.8, 4) is 0 Å². The maximum absolute atomic E-state index is 2.38. The molecule has 0 fully saturated rings. The van der Waals surface area contributed by atoms with Crippen LogP contribution >= 0.6 is 0 Å². The van der Waals surface area contributed by atoms with E-state index in [1.54, 1.807) is 0 Å². The van der Waals surface area contributed by atoms with E-state index < -0.39 is 0 Å². The monoisotopic (exact) mass is 366 g/mol. The van der Waals surface area contributed by atoms with Crippen LogP contribution in [0.2, 0.25) is 0 Å². The molecule has 0 atom stereocenters. The lowest BCUT2D eigenvalue weighted by atomic mass is 9.66. The summed E-state index contributed by atoms with van der Waals surface area (Å²) in [7, 11) is 0. The Labute approximate surface area is 169 Å². The quantitative estimate of drug-likeness (QED) is 0.309. The van der Waals surface area contributed by atoms with Crippen molar-refractivity contribution in [3.05, 3.63) is 96.1 Å². The van der Waals surface area contributed by atoms with Gasteiger partial charge in [-0.25, -0.2) is 0 Å². The van der Waals surface area contributed by atoms with Crippen LogP contribution in [0.3, 0.4) is 0 Å². The van der Waals surface area contributed by atoms with Crippen molar-refractivity contribution in [1.29, 1.82) is 0 Å². The molecule has 4 rings (SSSR count). The predicted octanol–water partition coefficient (Wildman–Crippen LogP) is 8.27. The molecule has 0 saturated heterocycles. The summed E-state index contributed by atoms with van der Waals surface area (Å²) in [6.45, 7) is 4.64. The average Bonchev–Trinajstić information content (AvgIpc) is 2.76. The fourth-order valence-corrected chi connectivity index (χ4v) is 5.00. The highest BCUT2D eigenvalue weighted by Gasteiger charge is 2.35. The van der Waals surface area contributed by atoms with E-state index in [4.69, 9.17) is 0 Å². The van der Waals surface area contributed by atoms with Crippen molar-refractivity contribution in [1.82, 2.24) is 0 Å². The summed E-state index contributed by atoms with van der Waals surface area (Å²) in [4.78, 5) is 0. The Kier molecular flexibility index (Phi) is 5.48. The largest absolute Gasteiger partial charge is 0.0654 e. The van der Waals surface area contributed by atoms with Gasteiger partial charge in [-0.1, -0.05) is 118 Å². The molecule has 0 aliphatic heterocycles. The summed E-state index contributed by atoms with van der Waals surface area (Å²) in [6.07, 6.45) is 6.01. The normalized spacial score (nSPS) is 11.9. The molecule has 0 unspecified atom stereocenters. The van der Waals surface area contributed by atoms with E-state index >= 15 is 0 Å². The lowest BCUT2D eigenvalue weighted by Gasteiger charge is -2.37. The Morgan fingerprint density at radius 3 is 1.54 bits per heavy atom. The lowest BCUT2D eigenvalue weighted by Crippen LogP contribution is -2.28. The molecule has 28 heavy (non-hydrogen) atoms. The molecule has 0 N–H and O–H groups in total. The highest BCUT2D eigenvalue weighted by Crippen LogP contribution is 2.46. The zero-order valence-corrected chi connectivity index (χ0v) is 17.1. The van der Waals surface area contributed by atoms with Gasteiger partial charge in [-0.15, -0.1) is 0 Å². The van der Waals surface area contributed by atoms with Gasteiger partial charge in [0.25, 0.3) is 0 Å². The summed E-state index contributed by atoms with van der Waals surface area (Å²) in [6, 6.07) is 31.6. The van der Waals surface area contributed by atoms with Crippen molar-refractivity contribution in [2.75, 3.05) is 0 Å². The average molecular weight is 367 g/mol. The number of hydrogen-bond donors (Lipinski definition) is 0. The van der Waals surface area contributed by atoms with Crippen LogP contribution in [0.4, 0.5) is 0 Å². The minimum atomic E-state index is 0.0481. The van der Waals surface area contributed by atoms with Gasteiger partial charge < -0.3 is 0 Å². The van der Waals surface area contributed by atoms with Gasteiger partial charge in [0.05, 0.1) is 0 Å². The first-order valence-corrected chi connectivity index (χ1v) is 10.8. The third-order valence-electron chi connectivity index (χ3n) is 6.24. The first-order valence-electron chi connectivity index (χ1n) is 10.8. The van der Waals surface area contributed by atoms with Crippen molar-refractivity contribution < 1.29 is 0 Å². The fourth-order valence-electron chi connectivity index (χ4n) is 5.00. The van der Waals surface area contributed by atoms with Gasteiger partial charge in [0.1, 0.15) is 0 Å². The summed E-state index contributed by atoms with van der Waals surface area (Å²) < 4.78 is 0. The molecular formula is C28H30. The van der Waals surface area contributed by atoms with Crippen LogP contribution in [-0.2, 0) is 5.41 Å². The summed E-state index contributed by atoms with van der Waals surface area (Å²) >= 11 is 0. The second-order valence-corrected chi connectivity index (χ2v) is 7.99. The van der Waals surface area contributed by atoms with Crippen molar-refractivity contribution in [3.63, 3.8) is 0 Å². The van der Waals surface area contributed by atoms with E-state index in [0.717, 1.165) is 0 Å². The summed E-state index contributed by atoms with van der Waals surface area (Å²) in [5.41, 5.74) is 3.04. The Bertz CT molecular complexity index is 984. The van der Waals surface area contributed by atoms with E-state index in [0.29, 0.717) is 0 Å². The predicted molar refractivity (Wildman–Crippen MR) is 123 cm³/mol. The number of unbranched alkanes of at least 4 members (excludes halogenated alkanes) is 1. The van der Waals surface area contributed by atoms with Crippen molar-refractivity contribution in [2.24, 2.45) is 0 Å². The zero-order valence-electron chi connectivity index (χ0n) is 17.1. The SMILES string of the molecule is CCCCC(CCC)(c1cccc2ccccc12)c1cccc2ccccc12. The van der Waals surface area contributed by atoms with Gasteiger partial charge in [-0.3, -0.25) is 0 Å². The maximum atomic E-state index is 2.38. The molecule has 4 aromatic carbocycles. The maximum Gasteiger partial charge on any atom is 0.0215 e. The van der Waals surface area contributed by atoms with Crippen LogP contribution in [0.15, 0.2) is 84.9 Å². The van der Waals surface area contributed by atoms with Gasteiger partial charge in [-0.2, -0.15) is 0 Å². The van der Waals surface area contributed by atoms with E-state index in [2.05, 4.69) is 98.8 Å². The third-order valence-corrected chi connectivity index (χ3v) is 6.24.